The summed E-state index contributed by atoms with van der Waals surface area (Å²) in [6.07, 6.45) is 5.58. The lowest BCUT2D eigenvalue weighted by molar-refractivity contribution is 0.261. The standard InChI is InChI=1S/C15H23NO2S/c1-2-16(15-11-7-4-8-12-15)19(17,18)13-14-9-5-3-6-10-14/h3,5-6,9-10,15H,2,4,7-8,11-13H2,1H3. The molecule has 1 fully saturated rings. The van der Waals surface area contributed by atoms with Crippen LogP contribution in [0.4, 0.5) is 0 Å². The first-order chi connectivity index (χ1) is 9.13. The summed E-state index contributed by atoms with van der Waals surface area (Å²) in [5.41, 5.74) is 0.872. The van der Waals surface area contributed by atoms with E-state index in [0.717, 1.165) is 31.2 Å². The monoisotopic (exact) mass is 281 g/mol. The third-order valence-corrected chi connectivity index (χ3v) is 5.81. The number of benzene rings is 1. The van der Waals surface area contributed by atoms with Gasteiger partial charge in [0.15, 0.2) is 0 Å². The largest absolute Gasteiger partial charge is 0.218 e. The molecule has 0 atom stereocenters. The van der Waals surface area contributed by atoms with Crippen molar-refractivity contribution in [3.05, 3.63) is 35.9 Å². The molecular formula is C15H23NO2S. The second-order valence-electron chi connectivity index (χ2n) is 5.24. The maximum atomic E-state index is 12.6. The van der Waals surface area contributed by atoms with Gasteiger partial charge in [0.1, 0.15) is 0 Å². The van der Waals surface area contributed by atoms with Crippen LogP contribution in [0.2, 0.25) is 0 Å². The Bertz CT molecular complexity index is 478. The molecule has 1 aromatic rings. The van der Waals surface area contributed by atoms with Gasteiger partial charge in [0, 0.05) is 12.6 Å². The van der Waals surface area contributed by atoms with E-state index in [0.29, 0.717) is 6.54 Å². The third-order valence-electron chi connectivity index (χ3n) is 3.84. The fourth-order valence-corrected chi connectivity index (χ4v) is 4.76. The SMILES string of the molecule is CCN(C1CCCCC1)S(=O)(=O)Cc1ccccc1. The zero-order chi connectivity index (χ0) is 13.7. The summed E-state index contributed by atoms with van der Waals surface area (Å²) < 4.78 is 26.8. The Morgan fingerprint density at radius 3 is 2.32 bits per heavy atom. The molecule has 4 heteroatoms. The van der Waals surface area contributed by atoms with E-state index in [1.165, 1.54) is 6.42 Å². The van der Waals surface area contributed by atoms with Gasteiger partial charge in [-0.3, -0.25) is 0 Å². The summed E-state index contributed by atoms with van der Waals surface area (Å²) in [6.45, 7) is 2.52. The third kappa shape index (κ3) is 3.80. The smallest absolute Gasteiger partial charge is 0.212 e. The number of rotatable bonds is 5. The molecular weight excluding hydrogens is 258 g/mol. The van der Waals surface area contributed by atoms with Crippen molar-refractivity contribution in [2.24, 2.45) is 0 Å². The maximum absolute atomic E-state index is 12.6. The minimum Gasteiger partial charge on any atom is -0.212 e. The molecule has 0 radical (unpaired) electrons. The quantitative estimate of drug-likeness (QED) is 0.831. The zero-order valence-electron chi connectivity index (χ0n) is 11.6. The van der Waals surface area contributed by atoms with E-state index >= 15 is 0 Å². The van der Waals surface area contributed by atoms with E-state index < -0.39 is 10.0 Å². The van der Waals surface area contributed by atoms with Crippen LogP contribution in [0.15, 0.2) is 30.3 Å². The molecule has 0 unspecified atom stereocenters. The first kappa shape index (κ1) is 14.5. The van der Waals surface area contributed by atoms with Crippen LogP contribution in [0.3, 0.4) is 0 Å². The normalized spacial score (nSPS) is 17.8. The van der Waals surface area contributed by atoms with Crippen LogP contribution in [0, 0.1) is 0 Å². The lowest BCUT2D eigenvalue weighted by Gasteiger charge is -2.32. The summed E-state index contributed by atoms with van der Waals surface area (Å²) in [5.74, 6) is 0.123. The summed E-state index contributed by atoms with van der Waals surface area (Å²) in [5, 5.41) is 0. The molecule has 1 aliphatic carbocycles. The Labute approximate surface area is 116 Å². The Morgan fingerprint density at radius 1 is 1.11 bits per heavy atom. The van der Waals surface area contributed by atoms with Crippen LogP contribution in [-0.2, 0) is 15.8 Å². The van der Waals surface area contributed by atoms with Gasteiger partial charge in [0.2, 0.25) is 10.0 Å². The van der Waals surface area contributed by atoms with Crippen LogP contribution in [0.5, 0.6) is 0 Å². The van der Waals surface area contributed by atoms with Crippen molar-refractivity contribution >= 4 is 10.0 Å². The molecule has 0 amide bonds. The molecule has 3 nitrogen and oxygen atoms in total. The molecule has 0 heterocycles. The molecule has 1 aliphatic rings. The Morgan fingerprint density at radius 2 is 1.74 bits per heavy atom. The van der Waals surface area contributed by atoms with Crippen LogP contribution in [-0.4, -0.2) is 25.3 Å². The first-order valence-electron chi connectivity index (χ1n) is 7.17. The Balaban J connectivity index is 2.11. The van der Waals surface area contributed by atoms with Crippen molar-refractivity contribution in [2.45, 2.75) is 50.8 Å². The Kier molecular flexibility index (Phi) is 4.99. The van der Waals surface area contributed by atoms with Crippen molar-refractivity contribution in [1.82, 2.24) is 4.31 Å². The van der Waals surface area contributed by atoms with Crippen LogP contribution in [0.1, 0.15) is 44.6 Å². The molecule has 2 rings (SSSR count). The molecule has 0 bridgehead atoms. The number of hydrogen-bond donors (Lipinski definition) is 0. The van der Waals surface area contributed by atoms with Gasteiger partial charge in [-0.25, -0.2) is 8.42 Å². The number of nitrogens with zero attached hydrogens (tertiary/aromatic N) is 1. The van der Waals surface area contributed by atoms with Crippen molar-refractivity contribution in [1.29, 1.82) is 0 Å². The van der Waals surface area contributed by atoms with E-state index in [1.54, 1.807) is 4.31 Å². The van der Waals surface area contributed by atoms with Gasteiger partial charge in [0.25, 0.3) is 0 Å². The molecule has 1 saturated carbocycles. The van der Waals surface area contributed by atoms with Gasteiger partial charge < -0.3 is 0 Å². The second kappa shape index (κ2) is 6.53. The van der Waals surface area contributed by atoms with Crippen LogP contribution in [0.25, 0.3) is 0 Å². The highest BCUT2D eigenvalue weighted by Gasteiger charge is 2.29. The average Bonchev–Trinajstić information content (AvgIpc) is 2.41. The fourth-order valence-electron chi connectivity index (χ4n) is 2.92. The molecule has 0 aromatic heterocycles. The minimum atomic E-state index is -3.19. The molecule has 1 aromatic carbocycles. The van der Waals surface area contributed by atoms with E-state index in [9.17, 15) is 8.42 Å². The van der Waals surface area contributed by atoms with Crippen molar-refractivity contribution in [2.75, 3.05) is 6.54 Å². The van der Waals surface area contributed by atoms with E-state index in [4.69, 9.17) is 0 Å². The van der Waals surface area contributed by atoms with Crippen molar-refractivity contribution in [3.8, 4) is 0 Å². The van der Waals surface area contributed by atoms with Gasteiger partial charge in [-0.1, -0.05) is 56.5 Å². The van der Waals surface area contributed by atoms with Gasteiger partial charge in [-0.05, 0) is 18.4 Å². The highest BCUT2D eigenvalue weighted by molar-refractivity contribution is 7.88. The second-order valence-corrected chi connectivity index (χ2v) is 7.16. The van der Waals surface area contributed by atoms with Gasteiger partial charge in [-0.15, -0.1) is 0 Å². The summed E-state index contributed by atoms with van der Waals surface area (Å²) in [6, 6.07) is 9.67. The number of hydrogen-bond acceptors (Lipinski definition) is 2. The molecule has 0 N–H and O–H groups in total. The molecule has 0 spiro atoms. The highest BCUT2D eigenvalue weighted by Crippen LogP contribution is 2.25. The topological polar surface area (TPSA) is 37.4 Å². The summed E-state index contributed by atoms with van der Waals surface area (Å²) in [4.78, 5) is 0. The maximum Gasteiger partial charge on any atom is 0.218 e. The van der Waals surface area contributed by atoms with E-state index in [2.05, 4.69) is 0 Å². The molecule has 19 heavy (non-hydrogen) atoms. The van der Waals surface area contributed by atoms with Crippen LogP contribution < -0.4 is 0 Å². The molecule has 0 aliphatic heterocycles. The first-order valence-corrected chi connectivity index (χ1v) is 8.78. The predicted octanol–water partition coefficient (Wildman–Crippen LogP) is 3.17. The molecule has 0 saturated heterocycles. The average molecular weight is 281 g/mol. The summed E-state index contributed by atoms with van der Waals surface area (Å²) >= 11 is 0. The highest BCUT2D eigenvalue weighted by atomic mass is 32.2. The zero-order valence-corrected chi connectivity index (χ0v) is 12.4. The fraction of sp³-hybridized carbons (Fsp3) is 0.600. The minimum absolute atomic E-state index is 0.123. The number of sulfonamides is 1. The van der Waals surface area contributed by atoms with Gasteiger partial charge in [0.05, 0.1) is 5.75 Å². The predicted molar refractivity (Wildman–Crippen MR) is 78.3 cm³/mol. The lowest BCUT2D eigenvalue weighted by atomic mass is 9.95. The summed E-state index contributed by atoms with van der Waals surface area (Å²) in [7, 11) is -3.19. The lowest BCUT2D eigenvalue weighted by Crippen LogP contribution is -2.41. The molecule has 106 valence electrons. The van der Waals surface area contributed by atoms with Crippen LogP contribution >= 0.6 is 0 Å². The Hall–Kier alpha value is -0.870. The van der Waals surface area contributed by atoms with Crippen molar-refractivity contribution in [3.63, 3.8) is 0 Å². The van der Waals surface area contributed by atoms with Gasteiger partial charge >= 0.3 is 0 Å². The van der Waals surface area contributed by atoms with E-state index in [-0.39, 0.29) is 11.8 Å². The van der Waals surface area contributed by atoms with E-state index in [1.807, 2.05) is 37.3 Å². The van der Waals surface area contributed by atoms with Gasteiger partial charge in [-0.2, -0.15) is 4.31 Å². The van der Waals surface area contributed by atoms with Crippen molar-refractivity contribution < 1.29 is 8.42 Å².